The molecule has 0 spiro atoms. The van der Waals surface area contributed by atoms with Gasteiger partial charge in [-0.2, -0.15) is 0 Å². The molecule has 2 aromatic carbocycles. The lowest BCUT2D eigenvalue weighted by molar-refractivity contribution is 0.103. The number of benzene rings is 2. The van der Waals surface area contributed by atoms with Crippen molar-refractivity contribution in [2.24, 2.45) is 0 Å². The first kappa shape index (κ1) is 20.5. The van der Waals surface area contributed by atoms with E-state index in [4.69, 9.17) is 0 Å². The predicted molar refractivity (Wildman–Crippen MR) is 126 cm³/mol. The van der Waals surface area contributed by atoms with E-state index < -0.39 is 0 Å². The molecule has 4 nitrogen and oxygen atoms in total. The monoisotopic (exact) mass is 408 g/mol. The van der Waals surface area contributed by atoms with Crippen LogP contribution in [0.1, 0.15) is 43.9 Å². The molecule has 0 aliphatic carbocycles. The Morgan fingerprint density at radius 3 is 2.42 bits per heavy atom. The average Bonchev–Trinajstić information content (AvgIpc) is 2.75. The van der Waals surface area contributed by atoms with E-state index in [2.05, 4.69) is 11.6 Å². The van der Waals surface area contributed by atoms with Gasteiger partial charge in [0.2, 0.25) is 5.43 Å². The normalized spacial score (nSPS) is 10.9. The summed E-state index contributed by atoms with van der Waals surface area (Å²) in [6.45, 7) is 10.1. The van der Waals surface area contributed by atoms with E-state index in [-0.39, 0.29) is 16.8 Å². The van der Waals surface area contributed by atoms with Gasteiger partial charge in [0.05, 0.1) is 10.9 Å². The Hall–Kier alpha value is -3.79. The Bertz CT molecular complexity index is 1380. The first-order valence-corrected chi connectivity index (χ1v) is 10.2. The number of aryl methyl sites for hydroxylation is 3. The molecule has 0 aliphatic rings. The second-order valence-corrected chi connectivity index (χ2v) is 7.92. The maximum atomic E-state index is 13.4. The van der Waals surface area contributed by atoms with Gasteiger partial charge in [0.15, 0.2) is 5.78 Å². The van der Waals surface area contributed by atoms with Crippen LogP contribution in [0.3, 0.4) is 0 Å². The van der Waals surface area contributed by atoms with Gasteiger partial charge < -0.3 is 4.57 Å². The second kappa shape index (κ2) is 8.15. The summed E-state index contributed by atoms with van der Waals surface area (Å²) >= 11 is 0. The highest BCUT2D eigenvalue weighted by Crippen LogP contribution is 2.18. The molecule has 0 atom stereocenters. The number of nitrogens with zero attached hydrogens (tertiary/aromatic N) is 2. The summed E-state index contributed by atoms with van der Waals surface area (Å²) in [5.74, 6) is -0.263. The summed E-state index contributed by atoms with van der Waals surface area (Å²) in [5.41, 5.74) is 5.83. The third-order valence-corrected chi connectivity index (χ3v) is 5.50. The molecule has 0 saturated carbocycles. The van der Waals surface area contributed by atoms with Crippen LogP contribution >= 0.6 is 0 Å². The molecule has 0 radical (unpaired) electrons. The molecule has 0 amide bonds. The van der Waals surface area contributed by atoms with Gasteiger partial charge >= 0.3 is 0 Å². The first-order valence-electron chi connectivity index (χ1n) is 10.2. The van der Waals surface area contributed by atoms with Gasteiger partial charge in [0.1, 0.15) is 5.65 Å². The van der Waals surface area contributed by atoms with E-state index in [1.807, 2.05) is 61.7 Å². The van der Waals surface area contributed by atoms with Crippen molar-refractivity contribution in [3.05, 3.63) is 117 Å². The molecule has 154 valence electrons. The fourth-order valence-electron chi connectivity index (χ4n) is 3.81. The summed E-state index contributed by atoms with van der Waals surface area (Å²) in [6.07, 6.45) is 3.45. The standard InChI is InChI=1S/C27H24N2O2/c1-5-20-8-10-21(11-9-20)15-29-16-24(25(30)22-12-6-17(2)14-18(22)3)26(31)23-13-7-19(4)28-27(23)29/h5-14,16H,1,15H2,2-4H3. The third-order valence-electron chi connectivity index (χ3n) is 5.50. The number of fused-ring (bicyclic) bond motifs is 1. The molecular formula is C27H24N2O2. The molecule has 0 aliphatic heterocycles. The topological polar surface area (TPSA) is 52.0 Å². The van der Waals surface area contributed by atoms with Crippen molar-refractivity contribution in [1.29, 1.82) is 0 Å². The number of ketones is 1. The van der Waals surface area contributed by atoms with Crippen LogP contribution in [0.2, 0.25) is 0 Å². The van der Waals surface area contributed by atoms with E-state index in [0.29, 0.717) is 23.1 Å². The van der Waals surface area contributed by atoms with Crippen LogP contribution < -0.4 is 5.43 Å². The lowest BCUT2D eigenvalue weighted by Crippen LogP contribution is -2.21. The fraction of sp³-hybridized carbons (Fsp3) is 0.148. The minimum atomic E-state index is -0.286. The molecule has 4 aromatic rings. The SMILES string of the molecule is C=Cc1ccc(Cn2cc(C(=O)c3ccc(C)cc3C)c(=O)c3ccc(C)nc32)cc1. The molecule has 4 rings (SSSR count). The van der Waals surface area contributed by atoms with Gasteiger partial charge in [-0.15, -0.1) is 0 Å². The molecule has 4 heteroatoms. The summed E-state index contributed by atoms with van der Waals surface area (Å²) in [4.78, 5) is 31.2. The summed E-state index contributed by atoms with van der Waals surface area (Å²) in [5, 5.41) is 0.448. The van der Waals surface area contributed by atoms with Gasteiger partial charge in [0, 0.05) is 24.0 Å². The number of hydrogen-bond donors (Lipinski definition) is 0. The molecule has 2 aromatic heterocycles. The van der Waals surface area contributed by atoms with Crippen LogP contribution in [0.4, 0.5) is 0 Å². The van der Waals surface area contributed by atoms with E-state index >= 15 is 0 Å². The number of carbonyl (C=O) groups is 1. The van der Waals surface area contributed by atoms with E-state index in [9.17, 15) is 9.59 Å². The van der Waals surface area contributed by atoms with Crippen LogP contribution in [0, 0.1) is 20.8 Å². The summed E-state index contributed by atoms with van der Waals surface area (Å²) in [6, 6.07) is 17.2. The minimum Gasteiger partial charge on any atom is -0.327 e. The minimum absolute atomic E-state index is 0.160. The zero-order chi connectivity index (χ0) is 22.1. The van der Waals surface area contributed by atoms with Crippen molar-refractivity contribution in [2.75, 3.05) is 0 Å². The Labute approximate surface area is 181 Å². The third kappa shape index (κ3) is 3.97. The Morgan fingerprint density at radius 2 is 1.74 bits per heavy atom. The van der Waals surface area contributed by atoms with Crippen molar-refractivity contribution in [2.45, 2.75) is 27.3 Å². The number of pyridine rings is 2. The van der Waals surface area contributed by atoms with Crippen LogP contribution in [0.5, 0.6) is 0 Å². The van der Waals surface area contributed by atoms with Crippen molar-refractivity contribution in [3.63, 3.8) is 0 Å². The summed E-state index contributed by atoms with van der Waals surface area (Å²) < 4.78 is 1.89. The maximum Gasteiger partial charge on any atom is 0.202 e. The Kier molecular flexibility index (Phi) is 5.38. The average molecular weight is 409 g/mol. The van der Waals surface area contributed by atoms with Crippen molar-refractivity contribution in [3.8, 4) is 0 Å². The highest BCUT2D eigenvalue weighted by Gasteiger charge is 2.19. The zero-order valence-corrected chi connectivity index (χ0v) is 18.0. The highest BCUT2D eigenvalue weighted by molar-refractivity contribution is 6.10. The lowest BCUT2D eigenvalue weighted by Gasteiger charge is -2.14. The van der Waals surface area contributed by atoms with Crippen LogP contribution in [-0.2, 0) is 6.54 Å². The number of rotatable bonds is 5. The van der Waals surface area contributed by atoms with Gasteiger partial charge in [-0.05, 0) is 49.6 Å². The molecule has 31 heavy (non-hydrogen) atoms. The number of carbonyl (C=O) groups excluding carboxylic acids is 1. The van der Waals surface area contributed by atoms with Crippen LogP contribution in [-0.4, -0.2) is 15.3 Å². The van der Waals surface area contributed by atoms with Crippen molar-refractivity contribution in [1.82, 2.24) is 9.55 Å². The predicted octanol–water partition coefficient (Wildman–Crippen LogP) is 5.24. The lowest BCUT2D eigenvalue weighted by atomic mass is 9.97. The smallest absolute Gasteiger partial charge is 0.202 e. The van der Waals surface area contributed by atoms with Crippen molar-refractivity contribution >= 4 is 22.9 Å². The Balaban J connectivity index is 1.89. The van der Waals surface area contributed by atoms with Gasteiger partial charge in [-0.3, -0.25) is 9.59 Å². The molecule has 0 N–H and O–H groups in total. The molecule has 0 fully saturated rings. The number of aromatic nitrogens is 2. The van der Waals surface area contributed by atoms with Gasteiger partial charge in [0.25, 0.3) is 0 Å². The van der Waals surface area contributed by atoms with Gasteiger partial charge in [-0.25, -0.2) is 4.98 Å². The maximum absolute atomic E-state index is 13.4. The van der Waals surface area contributed by atoms with Gasteiger partial charge in [-0.1, -0.05) is 60.7 Å². The zero-order valence-electron chi connectivity index (χ0n) is 18.0. The van der Waals surface area contributed by atoms with Crippen LogP contribution in [0.25, 0.3) is 17.1 Å². The van der Waals surface area contributed by atoms with E-state index in [1.165, 1.54) is 0 Å². The molecule has 2 heterocycles. The summed E-state index contributed by atoms with van der Waals surface area (Å²) in [7, 11) is 0. The van der Waals surface area contributed by atoms with E-state index in [1.54, 1.807) is 30.5 Å². The molecular weight excluding hydrogens is 384 g/mol. The van der Waals surface area contributed by atoms with Crippen molar-refractivity contribution < 1.29 is 4.79 Å². The highest BCUT2D eigenvalue weighted by atomic mass is 16.1. The quantitative estimate of drug-likeness (QED) is 0.424. The second-order valence-electron chi connectivity index (χ2n) is 7.92. The van der Waals surface area contributed by atoms with Crippen LogP contribution in [0.15, 0.2) is 72.2 Å². The molecule has 0 bridgehead atoms. The molecule has 0 saturated heterocycles. The number of hydrogen-bond acceptors (Lipinski definition) is 3. The fourth-order valence-corrected chi connectivity index (χ4v) is 3.81. The Morgan fingerprint density at radius 1 is 1.00 bits per heavy atom. The molecule has 0 unspecified atom stereocenters. The largest absolute Gasteiger partial charge is 0.327 e. The first-order chi connectivity index (χ1) is 14.9. The van der Waals surface area contributed by atoms with E-state index in [0.717, 1.165) is 27.9 Å².